The van der Waals surface area contributed by atoms with E-state index < -0.39 is 0 Å². The van der Waals surface area contributed by atoms with Crippen molar-refractivity contribution in [3.8, 4) is 0 Å². The first kappa shape index (κ1) is 14.5. The molecule has 0 fully saturated rings. The Hall–Kier alpha value is -0.546. The van der Waals surface area contributed by atoms with Gasteiger partial charge in [-0.3, -0.25) is 12.2 Å². The van der Waals surface area contributed by atoms with Crippen LogP contribution in [0.1, 0.15) is 39.5 Å². The molecule has 0 aromatic heterocycles. The van der Waals surface area contributed by atoms with Gasteiger partial charge < -0.3 is 0 Å². The summed E-state index contributed by atoms with van der Waals surface area (Å²) in [5.74, 6) is 0. The second-order valence-corrected chi connectivity index (χ2v) is 3.42. The third-order valence-electron chi connectivity index (χ3n) is 2.39. The van der Waals surface area contributed by atoms with Gasteiger partial charge in [0.15, 0.2) is 0 Å². The van der Waals surface area contributed by atoms with Crippen molar-refractivity contribution in [1.82, 2.24) is 0 Å². The molecule has 0 aliphatic heterocycles. The van der Waals surface area contributed by atoms with E-state index in [0.29, 0.717) is 0 Å². The minimum atomic E-state index is 0. The molecule has 0 bridgehead atoms. The van der Waals surface area contributed by atoms with Crippen LogP contribution in [0.4, 0.5) is 0 Å². The molecule has 0 saturated carbocycles. The molecule has 0 heterocycles. The maximum atomic E-state index is 3.14. The van der Waals surface area contributed by atoms with Gasteiger partial charge in [0.25, 0.3) is 0 Å². The molecule has 0 atom stereocenters. The Balaban J connectivity index is 0.000000245. The molecular formula is C14H18Ni. The zero-order chi connectivity index (χ0) is 10.2. The number of hydrogen-bond donors (Lipinski definition) is 0. The van der Waals surface area contributed by atoms with Gasteiger partial charge >= 0.3 is 16.5 Å². The molecule has 0 saturated heterocycles. The van der Waals surface area contributed by atoms with Gasteiger partial charge in [-0.05, 0) is 0 Å². The summed E-state index contributed by atoms with van der Waals surface area (Å²) in [6.07, 6.45) is 19.1. The number of rotatable bonds is 2. The summed E-state index contributed by atoms with van der Waals surface area (Å²) in [5.41, 5.74) is 2.86. The van der Waals surface area contributed by atoms with Crippen LogP contribution in [0.5, 0.6) is 0 Å². The van der Waals surface area contributed by atoms with Gasteiger partial charge in [-0.15, -0.1) is 0 Å². The van der Waals surface area contributed by atoms with Crippen LogP contribution in [0.15, 0.2) is 35.5 Å². The Labute approximate surface area is 104 Å². The van der Waals surface area contributed by atoms with Gasteiger partial charge in [0.05, 0.1) is 0 Å². The van der Waals surface area contributed by atoms with Gasteiger partial charge in [0, 0.05) is 0 Å². The zero-order valence-electron chi connectivity index (χ0n) is 9.45. The maximum absolute atomic E-state index is 3.14. The van der Waals surface area contributed by atoms with E-state index in [0.717, 1.165) is 25.7 Å². The van der Waals surface area contributed by atoms with Crippen molar-refractivity contribution in [3.05, 3.63) is 47.6 Å². The fourth-order valence-electron chi connectivity index (χ4n) is 1.37. The van der Waals surface area contributed by atoms with Crippen molar-refractivity contribution in [3.63, 3.8) is 0 Å². The van der Waals surface area contributed by atoms with E-state index in [2.05, 4.69) is 38.2 Å². The van der Waals surface area contributed by atoms with Crippen molar-refractivity contribution in [2.24, 2.45) is 0 Å². The largest absolute Gasteiger partial charge is 2.00 e. The summed E-state index contributed by atoms with van der Waals surface area (Å²) >= 11 is 0. The van der Waals surface area contributed by atoms with Crippen LogP contribution < -0.4 is 0 Å². The molecule has 0 aromatic carbocycles. The molecule has 0 spiro atoms. The normalized spacial score (nSPS) is 16.4. The molecule has 0 amide bonds. The molecule has 84 valence electrons. The molecule has 0 aromatic rings. The van der Waals surface area contributed by atoms with E-state index in [1.54, 1.807) is 0 Å². The summed E-state index contributed by atoms with van der Waals surface area (Å²) < 4.78 is 0. The predicted molar refractivity (Wildman–Crippen MR) is 61.6 cm³/mol. The van der Waals surface area contributed by atoms with E-state index in [9.17, 15) is 0 Å². The summed E-state index contributed by atoms with van der Waals surface area (Å²) in [6.45, 7) is 4.32. The van der Waals surface area contributed by atoms with Crippen molar-refractivity contribution < 1.29 is 16.5 Å². The van der Waals surface area contributed by atoms with Crippen molar-refractivity contribution >= 4 is 0 Å². The van der Waals surface area contributed by atoms with Crippen LogP contribution in [0.25, 0.3) is 0 Å². The Kier molecular flexibility index (Phi) is 8.42. The minimum Gasteiger partial charge on any atom is -0.253 e. The van der Waals surface area contributed by atoms with Crippen molar-refractivity contribution in [2.75, 3.05) is 0 Å². The van der Waals surface area contributed by atoms with E-state index in [1.165, 1.54) is 11.1 Å². The average Bonchev–Trinajstić information content (AvgIpc) is 2.92. The summed E-state index contributed by atoms with van der Waals surface area (Å²) in [4.78, 5) is 0. The van der Waals surface area contributed by atoms with Gasteiger partial charge in [-0.1, -0.05) is 39.5 Å². The van der Waals surface area contributed by atoms with Gasteiger partial charge in [-0.25, -0.2) is 24.3 Å². The van der Waals surface area contributed by atoms with Crippen LogP contribution in [-0.4, -0.2) is 0 Å². The van der Waals surface area contributed by atoms with E-state index in [4.69, 9.17) is 0 Å². The first-order valence-electron chi connectivity index (χ1n) is 5.39. The van der Waals surface area contributed by atoms with E-state index >= 15 is 0 Å². The topological polar surface area (TPSA) is 0 Å². The summed E-state index contributed by atoms with van der Waals surface area (Å²) in [6, 6.07) is 0. The zero-order valence-corrected chi connectivity index (χ0v) is 10.4. The van der Waals surface area contributed by atoms with Crippen molar-refractivity contribution in [1.29, 1.82) is 0 Å². The monoisotopic (exact) mass is 244 g/mol. The third kappa shape index (κ3) is 5.79. The Bertz CT molecular complexity index is 250. The molecule has 0 radical (unpaired) electrons. The van der Waals surface area contributed by atoms with E-state index in [1.807, 2.05) is 12.2 Å². The number of hydrogen-bond acceptors (Lipinski definition) is 0. The fraction of sp³-hybridized carbons (Fsp3) is 0.429. The smallest absolute Gasteiger partial charge is 0.253 e. The van der Waals surface area contributed by atoms with Gasteiger partial charge in [-0.2, -0.15) is 11.1 Å². The molecule has 2 rings (SSSR count). The molecular weight excluding hydrogens is 227 g/mol. The first-order chi connectivity index (χ1) is 6.86. The van der Waals surface area contributed by atoms with Crippen LogP contribution in [0.3, 0.4) is 0 Å². The Morgan fingerprint density at radius 1 is 0.933 bits per heavy atom. The second kappa shape index (κ2) is 8.74. The van der Waals surface area contributed by atoms with Crippen LogP contribution in [-0.2, 0) is 16.5 Å². The molecule has 0 unspecified atom stereocenters. The van der Waals surface area contributed by atoms with Crippen LogP contribution in [0, 0.1) is 12.2 Å². The molecule has 0 nitrogen and oxygen atoms in total. The van der Waals surface area contributed by atoms with Crippen LogP contribution >= 0.6 is 0 Å². The first-order valence-corrected chi connectivity index (χ1v) is 5.39. The molecule has 0 N–H and O–H groups in total. The van der Waals surface area contributed by atoms with E-state index in [-0.39, 0.29) is 16.5 Å². The molecule has 15 heavy (non-hydrogen) atoms. The summed E-state index contributed by atoms with van der Waals surface area (Å²) in [5, 5.41) is 0. The Morgan fingerprint density at radius 3 is 1.47 bits per heavy atom. The standard InChI is InChI=1S/2C7H9.Ni/c2*1-2-7-5-3-4-6-7;/h2*3-4H,2,5H2,1H3;/q2*-1;+2. The summed E-state index contributed by atoms with van der Waals surface area (Å²) in [7, 11) is 0. The fourth-order valence-corrected chi connectivity index (χ4v) is 1.37. The van der Waals surface area contributed by atoms with Gasteiger partial charge in [0.1, 0.15) is 0 Å². The minimum absolute atomic E-state index is 0. The van der Waals surface area contributed by atoms with Crippen molar-refractivity contribution in [2.45, 2.75) is 39.5 Å². The third-order valence-corrected chi connectivity index (χ3v) is 2.39. The number of allylic oxidation sites excluding steroid dienone is 8. The molecule has 2 aliphatic rings. The molecule has 2 aliphatic carbocycles. The predicted octanol–water partition coefficient (Wildman–Crippen LogP) is 4.17. The quantitative estimate of drug-likeness (QED) is 0.505. The Morgan fingerprint density at radius 2 is 1.33 bits per heavy atom. The maximum Gasteiger partial charge on any atom is 2.00 e. The second-order valence-electron chi connectivity index (χ2n) is 3.42. The SMILES string of the molecule is CCC1=[C-]C=CC1.CCC1=[C-]C=CC1.[Ni+2]. The van der Waals surface area contributed by atoms with Crippen LogP contribution in [0.2, 0.25) is 0 Å². The van der Waals surface area contributed by atoms with Gasteiger partial charge in [0.2, 0.25) is 0 Å². The average molecular weight is 245 g/mol. The molecule has 1 heteroatoms.